The smallest absolute Gasteiger partial charge is 0.315 e. The summed E-state index contributed by atoms with van der Waals surface area (Å²) in [7, 11) is 0. The van der Waals surface area contributed by atoms with Gasteiger partial charge in [-0.3, -0.25) is 4.79 Å². The van der Waals surface area contributed by atoms with Gasteiger partial charge in [0.15, 0.2) is 0 Å². The summed E-state index contributed by atoms with van der Waals surface area (Å²) in [6.07, 6.45) is 3.33. The number of hydrogen-bond donors (Lipinski definition) is 3. The highest BCUT2D eigenvalue weighted by Gasteiger charge is 2.46. The Balaban J connectivity index is 2.62. The molecule has 0 aromatic heterocycles. The van der Waals surface area contributed by atoms with Crippen LogP contribution in [0.4, 0.5) is 4.79 Å². The quantitative estimate of drug-likeness (QED) is 0.730. The lowest BCUT2D eigenvalue weighted by Crippen LogP contribution is -2.55. The van der Waals surface area contributed by atoms with E-state index in [1.165, 1.54) is 0 Å². The standard InChI is InChI=1S/C16H30N2O3/c1-6-7-10(2)17-15(21)18-13-9-8-12(14(19)20)16(4,5)11(13)3/h10-13H,6-9H2,1-5H3,(H,19,20)(H2,17,18,21). The van der Waals surface area contributed by atoms with E-state index in [2.05, 4.69) is 17.6 Å². The molecule has 1 saturated carbocycles. The van der Waals surface area contributed by atoms with E-state index in [9.17, 15) is 14.7 Å². The third kappa shape index (κ3) is 4.35. The first-order chi connectivity index (χ1) is 9.70. The van der Waals surface area contributed by atoms with Crippen LogP contribution in [0, 0.1) is 17.3 Å². The zero-order valence-corrected chi connectivity index (χ0v) is 13.9. The van der Waals surface area contributed by atoms with E-state index in [0.717, 1.165) is 19.3 Å². The van der Waals surface area contributed by atoms with Gasteiger partial charge in [-0.15, -0.1) is 0 Å². The molecule has 0 aliphatic heterocycles. The van der Waals surface area contributed by atoms with Crippen LogP contribution in [0.3, 0.4) is 0 Å². The number of aliphatic carboxylic acids is 1. The Morgan fingerprint density at radius 3 is 2.48 bits per heavy atom. The van der Waals surface area contributed by atoms with Gasteiger partial charge in [-0.1, -0.05) is 34.1 Å². The van der Waals surface area contributed by atoms with Gasteiger partial charge in [0.05, 0.1) is 5.92 Å². The maximum atomic E-state index is 12.0. The van der Waals surface area contributed by atoms with Crippen LogP contribution in [0.1, 0.15) is 60.3 Å². The number of amides is 2. The number of carbonyl (C=O) groups excluding carboxylic acids is 1. The first-order valence-electron chi connectivity index (χ1n) is 8.00. The first kappa shape index (κ1) is 17.8. The predicted molar refractivity (Wildman–Crippen MR) is 83.1 cm³/mol. The minimum absolute atomic E-state index is 0.0319. The van der Waals surface area contributed by atoms with Gasteiger partial charge >= 0.3 is 12.0 Å². The number of rotatable bonds is 5. The number of hydrogen-bond acceptors (Lipinski definition) is 2. The van der Waals surface area contributed by atoms with E-state index in [4.69, 9.17) is 0 Å². The Morgan fingerprint density at radius 1 is 1.33 bits per heavy atom. The van der Waals surface area contributed by atoms with Crippen LogP contribution in [0.2, 0.25) is 0 Å². The molecule has 122 valence electrons. The average Bonchev–Trinajstić information content (AvgIpc) is 2.34. The minimum atomic E-state index is -0.730. The summed E-state index contributed by atoms with van der Waals surface area (Å²) in [4.78, 5) is 23.4. The third-order valence-corrected chi connectivity index (χ3v) is 5.16. The first-order valence-corrected chi connectivity index (χ1v) is 8.00. The van der Waals surface area contributed by atoms with Gasteiger partial charge in [0.25, 0.3) is 0 Å². The maximum Gasteiger partial charge on any atom is 0.315 e. The van der Waals surface area contributed by atoms with Crippen LogP contribution < -0.4 is 10.6 Å². The highest BCUT2D eigenvalue weighted by Crippen LogP contribution is 2.45. The fourth-order valence-corrected chi connectivity index (χ4v) is 3.38. The second kappa shape index (κ2) is 7.14. The molecule has 1 aliphatic carbocycles. The van der Waals surface area contributed by atoms with Crippen LogP contribution in [0.25, 0.3) is 0 Å². The Kier molecular flexibility index (Phi) is 6.05. The molecule has 0 radical (unpaired) electrons. The Morgan fingerprint density at radius 2 is 1.95 bits per heavy atom. The van der Waals surface area contributed by atoms with Crippen LogP contribution in [0.5, 0.6) is 0 Å². The summed E-state index contributed by atoms with van der Waals surface area (Å²) in [5, 5.41) is 15.3. The van der Waals surface area contributed by atoms with Gasteiger partial charge in [-0.25, -0.2) is 4.79 Å². The molecular weight excluding hydrogens is 268 g/mol. The molecule has 1 aliphatic rings. The highest BCUT2D eigenvalue weighted by molar-refractivity contribution is 5.75. The summed E-state index contributed by atoms with van der Waals surface area (Å²) >= 11 is 0. The fraction of sp³-hybridized carbons (Fsp3) is 0.875. The molecule has 21 heavy (non-hydrogen) atoms. The number of carboxylic acids is 1. The molecule has 1 fully saturated rings. The topological polar surface area (TPSA) is 78.4 Å². The van der Waals surface area contributed by atoms with Crippen LogP contribution in [-0.4, -0.2) is 29.2 Å². The maximum absolute atomic E-state index is 12.0. The van der Waals surface area contributed by atoms with E-state index in [-0.39, 0.29) is 35.4 Å². The molecular formula is C16H30N2O3. The molecule has 0 aromatic rings. The van der Waals surface area contributed by atoms with Crippen LogP contribution >= 0.6 is 0 Å². The van der Waals surface area contributed by atoms with Crippen molar-refractivity contribution in [1.29, 1.82) is 0 Å². The van der Waals surface area contributed by atoms with Gasteiger partial charge in [0.2, 0.25) is 0 Å². The van der Waals surface area contributed by atoms with Crippen molar-refractivity contribution in [1.82, 2.24) is 10.6 Å². The van der Waals surface area contributed by atoms with E-state index < -0.39 is 5.97 Å². The Labute approximate surface area is 127 Å². The molecule has 5 heteroatoms. The molecule has 4 atom stereocenters. The summed E-state index contributed by atoms with van der Waals surface area (Å²) < 4.78 is 0. The van der Waals surface area contributed by atoms with Gasteiger partial charge in [-0.2, -0.15) is 0 Å². The number of urea groups is 1. The van der Waals surface area contributed by atoms with E-state index in [1.807, 2.05) is 27.7 Å². The zero-order valence-electron chi connectivity index (χ0n) is 13.9. The van der Waals surface area contributed by atoms with Gasteiger partial charge in [0, 0.05) is 12.1 Å². The predicted octanol–water partition coefficient (Wildman–Crippen LogP) is 3.00. The molecule has 5 nitrogen and oxygen atoms in total. The summed E-state index contributed by atoms with van der Waals surface area (Å²) in [6.45, 7) is 10.1. The van der Waals surface area contributed by atoms with Crippen molar-refractivity contribution in [3.63, 3.8) is 0 Å². The van der Waals surface area contributed by atoms with Crippen molar-refractivity contribution in [3.8, 4) is 0 Å². The molecule has 0 saturated heterocycles. The molecule has 0 heterocycles. The fourth-order valence-electron chi connectivity index (χ4n) is 3.38. The summed E-state index contributed by atoms with van der Waals surface area (Å²) in [6, 6.07) is 0.0514. The van der Waals surface area contributed by atoms with E-state index in [1.54, 1.807) is 0 Å². The van der Waals surface area contributed by atoms with Crippen molar-refractivity contribution < 1.29 is 14.7 Å². The summed E-state index contributed by atoms with van der Waals surface area (Å²) in [5.74, 6) is -0.946. The van der Waals surface area contributed by atoms with Gasteiger partial charge in [-0.05, 0) is 37.5 Å². The Bertz CT molecular complexity index is 382. The van der Waals surface area contributed by atoms with Gasteiger partial charge in [0.1, 0.15) is 0 Å². The number of nitrogens with one attached hydrogen (secondary N) is 2. The van der Waals surface area contributed by atoms with E-state index >= 15 is 0 Å². The second-order valence-electron chi connectivity index (χ2n) is 6.99. The highest BCUT2D eigenvalue weighted by atomic mass is 16.4. The molecule has 4 unspecified atom stereocenters. The Hall–Kier alpha value is -1.26. The average molecular weight is 298 g/mol. The van der Waals surface area contributed by atoms with Crippen molar-refractivity contribution in [2.75, 3.05) is 0 Å². The zero-order chi connectivity index (χ0) is 16.2. The normalized spacial score (nSPS) is 29.5. The van der Waals surface area contributed by atoms with E-state index in [0.29, 0.717) is 6.42 Å². The van der Waals surface area contributed by atoms with Crippen molar-refractivity contribution in [2.24, 2.45) is 17.3 Å². The number of carboxylic acid groups (broad SMARTS) is 1. The summed E-state index contributed by atoms with van der Waals surface area (Å²) in [5.41, 5.74) is -0.322. The van der Waals surface area contributed by atoms with Crippen LogP contribution in [-0.2, 0) is 4.79 Å². The molecule has 0 spiro atoms. The lowest BCUT2D eigenvalue weighted by Gasteiger charge is -2.46. The monoisotopic (exact) mass is 298 g/mol. The molecule has 3 N–H and O–H groups in total. The van der Waals surface area contributed by atoms with Gasteiger partial charge < -0.3 is 15.7 Å². The third-order valence-electron chi connectivity index (χ3n) is 5.16. The van der Waals surface area contributed by atoms with Crippen molar-refractivity contribution >= 4 is 12.0 Å². The number of carbonyl (C=O) groups is 2. The largest absolute Gasteiger partial charge is 0.481 e. The molecule has 0 bridgehead atoms. The molecule has 2 amide bonds. The van der Waals surface area contributed by atoms with Crippen molar-refractivity contribution in [2.45, 2.75) is 72.4 Å². The van der Waals surface area contributed by atoms with Crippen molar-refractivity contribution in [3.05, 3.63) is 0 Å². The molecule has 0 aromatic carbocycles. The lowest BCUT2D eigenvalue weighted by molar-refractivity contribution is -0.150. The molecule has 1 rings (SSSR count). The second-order valence-corrected chi connectivity index (χ2v) is 6.99. The minimum Gasteiger partial charge on any atom is -0.481 e. The lowest BCUT2D eigenvalue weighted by atomic mass is 9.61. The van der Waals surface area contributed by atoms with Crippen LogP contribution in [0.15, 0.2) is 0 Å². The SMILES string of the molecule is CCCC(C)NC(=O)NC1CCC(C(=O)O)C(C)(C)C1C.